The molecular weight excluding hydrogens is 612 g/mol. The second kappa shape index (κ2) is 12.2. The molecule has 5 aromatic carbocycles. The van der Waals surface area contributed by atoms with Gasteiger partial charge in [0.25, 0.3) is 0 Å². The van der Waals surface area contributed by atoms with Crippen molar-refractivity contribution in [3.05, 3.63) is 182 Å². The second-order valence-electron chi connectivity index (χ2n) is 11.0. The summed E-state index contributed by atoms with van der Waals surface area (Å²) in [6.07, 6.45) is 0. The van der Waals surface area contributed by atoms with Gasteiger partial charge in [0.15, 0.2) is 5.78 Å². The van der Waals surface area contributed by atoms with E-state index in [4.69, 9.17) is 13.6 Å². The number of fused-ring (bicyclic) bond motifs is 2. The molecule has 2 heterocycles. The molecule has 0 saturated heterocycles. The molecule has 7 rings (SSSR count). The van der Waals surface area contributed by atoms with Gasteiger partial charge in [0.05, 0.1) is 33.4 Å². The summed E-state index contributed by atoms with van der Waals surface area (Å²) in [5.41, 5.74) is -0.724. The lowest BCUT2D eigenvalue weighted by molar-refractivity contribution is 0.0734. The van der Waals surface area contributed by atoms with E-state index >= 15 is 0 Å². The van der Waals surface area contributed by atoms with Gasteiger partial charge in [0, 0.05) is 11.1 Å². The van der Waals surface area contributed by atoms with Crippen LogP contribution in [0.25, 0.3) is 21.9 Å². The van der Waals surface area contributed by atoms with E-state index < -0.39 is 34.6 Å². The third-order valence-electron chi connectivity index (χ3n) is 8.06. The molecule has 9 nitrogen and oxygen atoms in total. The summed E-state index contributed by atoms with van der Waals surface area (Å²) >= 11 is 0. The molecule has 0 fully saturated rings. The Bertz CT molecular complexity index is 2360. The van der Waals surface area contributed by atoms with Crippen LogP contribution in [0, 0.1) is 0 Å². The fraction of sp³-hybridized carbons (Fsp3) is 0.0256. The number of carbonyl (C=O) groups is 2. The first-order valence-corrected chi connectivity index (χ1v) is 14.8. The molecule has 48 heavy (non-hydrogen) atoms. The third-order valence-corrected chi connectivity index (χ3v) is 8.06. The zero-order valence-corrected chi connectivity index (χ0v) is 25.0. The first kappa shape index (κ1) is 29.9. The number of hydrogen-bond donors (Lipinski definition) is 2. The minimum Gasteiger partial charge on any atom is -0.507 e. The zero-order valence-electron chi connectivity index (χ0n) is 25.0. The van der Waals surface area contributed by atoms with Crippen molar-refractivity contribution in [2.75, 3.05) is 0 Å². The Kier molecular flexibility index (Phi) is 7.62. The first-order valence-electron chi connectivity index (χ1n) is 14.8. The fourth-order valence-corrected chi connectivity index (χ4v) is 5.69. The number of carbonyl (C=O) groups excluding carboxylic acids is 2. The van der Waals surface area contributed by atoms with Crippen molar-refractivity contribution in [1.82, 2.24) is 0 Å². The van der Waals surface area contributed by atoms with Crippen LogP contribution in [0.3, 0.4) is 0 Å². The zero-order chi connectivity index (χ0) is 33.4. The van der Waals surface area contributed by atoms with Gasteiger partial charge in [0.1, 0.15) is 28.4 Å². The number of aromatic hydroxyl groups is 2. The average Bonchev–Trinajstić information content (AvgIpc) is 3.11. The van der Waals surface area contributed by atoms with Gasteiger partial charge < -0.3 is 23.8 Å². The van der Waals surface area contributed by atoms with E-state index in [2.05, 4.69) is 0 Å². The van der Waals surface area contributed by atoms with Crippen molar-refractivity contribution in [3.8, 4) is 17.2 Å². The summed E-state index contributed by atoms with van der Waals surface area (Å²) in [7, 11) is 0. The molecule has 0 aliphatic carbocycles. The number of ketones is 1. The van der Waals surface area contributed by atoms with Crippen LogP contribution in [-0.2, 0) is 0 Å². The quantitative estimate of drug-likeness (QED) is 0.0823. The van der Waals surface area contributed by atoms with Crippen LogP contribution in [0.5, 0.6) is 17.2 Å². The van der Waals surface area contributed by atoms with Crippen LogP contribution >= 0.6 is 0 Å². The smallest absolute Gasteiger partial charge is 0.344 e. The van der Waals surface area contributed by atoms with Gasteiger partial charge in [-0.15, -0.1) is 0 Å². The Hall–Kier alpha value is -6.74. The Labute approximate surface area is 271 Å². The van der Waals surface area contributed by atoms with Crippen molar-refractivity contribution in [1.29, 1.82) is 0 Å². The molecular formula is C39H24O9. The molecule has 0 unspecified atom stereocenters. The molecule has 2 aromatic heterocycles. The molecule has 0 amide bonds. The second-order valence-corrected chi connectivity index (χ2v) is 11.0. The normalized spacial score (nSPS) is 11.2. The molecule has 2 N–H and O–H groups in total. The van der Waals surface area contributed by atoms with E-state index in [1.165, 1.54) is 48.5 Å². The van der Waals surface area contributed by atoms with Gasteiger partial charge in [-0.3, -0.25) is 4.79 Å². The van der Waals surface area contributed by atoms with Crippen LogP contribution in [0.4, 0.5) is 0 Å². The molecule has 7 aromatic rings. The number of benzene rings is 5. The lowest BCUT2D eigenvalue weighted by Crippen LogP contribution is -2.21. The van der Waals surface area contributed by atoms with Gasteiger partial charge in [-0.25, -0.2) is 14.4 Å². The van der Waals surface area contributed by atoms with Crippen molar-refractivity contribution >= 4 is 33.7 Å². The lowest BCUT2D eigenvalue weighted by Gasteiger charge is -2.20. The molecule has 0 aliphatic heterocycles. The van der Waals surface area contributed by atoms with Crippen molar-refractivity contribution in [2.24, 2.45) is 0 Å². The summed E-state index contributed by atoms with van der Waals surface area (Å²) in [6, 6.07) is 33.5. The monoisotopic (exact) mass is 636 g/mol. The van der Waals surface area contributed by atoms with Gasteiger partial charge in [0.2, 0.25) is 0 Å². The van der Waals surface area contributed by atoms with Gasteiger partial charge in [-0.1, -0.05) is 78.9 Å². The summed E-state index contributed by atoms with van der Waals surface area (Å²) in [4.78, 5) is 52.5. The maximum absolute atomic E-state index is 13.4. The number of hydrogen-bond acceptors (Lipinski definition) is 9. The maximum Gasteiger partial charge on any atom is 0.344 e. The Morgan fingerprint density at radius 1 is 0.542 bits per heavy atom. The number of rotatable bonds is 7. The van der Waals surface area contributed by atoms with Crippen LogP contribution in [0.2, 0.25) is 0 Å². The highest BCUT2D eigenvalue weighted by molar-refractivity contribution is 6.09. The SMILES string of the molecule is O=C(Oc1ccc(C(c2c(O)c3ccccc3oc2=O)c2c(O)c3ccccc3oc2=O)cc1)c1ccc(C(=O)c2ccccc2)cc1. The molecule has 0 saturated carbocycles. The average molecular weight is 637 g/mol. The number of para-hydroxylation sites is 2. The van der Waals surface area contributed by atoms with Crippen molar-refractivity contribution in [2.45, 2.75) is 5.92 Å². The maximum atomic E-state index is 13.4. The molecule has 9 heteroatoms. The van der Waals surface area contributed by atoms with Crippen molar-refractivity contribution in [3.63, 3.8) is 0 Å². The van der Waals surface area contributed by atoms with E-state index in [1.54, 1.807) is 72.8 Å². The van der Waals surface area contributed by atoms with Crippen LogP contribution in [0.1, 0.15) is 48.9 Å². The van der Waals surface area contributed by atoms with Gasteiger partial charge in [-0.2, -0.15) is 0 Å². The molecule has 0 spiro atoms. The van der Waals surface area contributed by atoms with E-state index in [0.29, 0.717) is 11.1 Å². The van der Waals surface area contributed by atoms with E-state index in [1.807, 2.05) is 6.07 Å². The van der Waals surface area contributed by atoms with Crippen molar-refractivity contribution < 1.29 is 33.4 Å². The Morgan fingerprint density at radius 3 is 1.54 bits per heavy atom. The lowest BCUT2D eigenvalue weighted by atomic mass is 9.84. The van der Waals surface area contributed by atoms with E-state index in [9.17, 15) is 29.4 Å². The highest BCUT2D eigenvalue weighted by Gasteiger charge is 2.32. The summed E-state index contributed by atoms with van der Waals surface area (Å²) in [6.45, 7) is 0. The van der Waals surface area contributed by atoms with E-state index in [-0.39, 0.29) is 55.7 Å². The van der Waals surface area contributed by atoms with Crippen LogP contribution < -0.4 is 16.0 Å². The first-order chi connectivity index (χ1) is 23.3. The summed E-state index contributed by atoms with van der Waals surface area (Å²) in [5.74, 6) is -2.92. The number of ether oxygens (including phenoxy) is 1. The molecule has 0 atom stereocenters. The standard InChI is InChI=1S/C39H24O9/c40-34(23-8-2-1-3-9-23)24-14-16-25(17-15-24)37(43)46-26-20-18-22(19-21-26)31(32-35(41)27-10-4-6-12-29(27)47-38(32)44)33-36(42)28-11-5-7-13-30(28)48-39(33)45/h1-21,31,41-42H. The highest BCUT2D eigenvalue weighted by Crippen LogP contribution is 2.42. The van der Waals surface area contributed by atoms with Crippen LogP contribution in [-0.4, -0.2) is 22.0 Å². The minimum absolute atomic E-state index is 0.136. The fourth-order valence-electron chi connectivity index (χ4n) is 5.69. The number of esters is 1. The minimum atomic E-state index is -1.34. The Morgan fingerprint density at radius 2 is 1.00 bits per heavy atom. The summed E-state index contributed by atoms with van der Waals surface area (Å²) in [5, 5.41) is 23.2. The predicted molar refractivity (Wildman–Crippen MR) is 177 cm³/mol. The highest BCUT2D eigenvalue weighted by atomic mass is 16.5. The topological polar surface area (TPSA) is 144 Å². The predicted octanol–water partition coefficient (Wildman–Crippen LogP) is 6.94. The summed E-state index contributed by atoms with van der Waals surface area (Å²) < 4.78 is 16.6. The molecule has 0 radical (unpaired) electrons. The Balaban J connectivity index is 1.25. The van der Waals surface area contributed by atoms with Gasteiger partial charge in [-0.05, 0) is 54.1 Å². The largest absolute Gasteiger partial charge is 0.507 e. The van der Waals surface area contributed by atoms with E-state index in [0.717, 1.165) is 0 Å². The van der Waals surface area contributed by atoms with Crippen LogP contribution in [0.15, 0.2) is 146 Å². The van der Waals surface area contributed by atoms with Gasteiger partial charge >= 0.3 is 17.2 Å². The molecule has 0 aliphatic rings. The molecule has 0 bridgehead atoms. The third kappa shape index (κ3) is 5.39. The molecule has 234 valence electrons.